The molecule has 0 bridgehead atoms. The molecule has 1 heterocycles. The van der Waals surface area contributed by atoms with Gasteiger partial charge in [0.1, 0.15) is 11.9 Å². The van der Waals surface area contributed by atoms with Gasteiger partial charge in [-0.2, -0.15) is 5.10 Å². The van der Waals surface area contributed by atoms with Crippen molar-refractivity contribution in [3.63, 3.8) is 0 Å². The van der Waals surface area contributed by atoms with Crippen molar-refractivity contribution in [2.24, 2.45) is 5.10 Å². The zero-order valence-corrected chi connectivity index (χ0v) is 12.0. The van der Waals surface area contributed by atoms with Gasteiger partial charge in [0, 0.05) is 11.1 Å². The molecule has 0 radical (unpaired) electrons. The lowest BCUT2D eigenvalue weighted by molar-refractivity contribution is 0.260. The first-order valence-corrected chi connectivity index (χ1v) is 7.10. The summed E-state index contributed by atoms with van der Waals surface area (Å²) in [4.78, 5) is 0. The first kappa shape index (κ1) is 13.4. The molecule has 2 aromatic rings. The molecule has 0 fully saturated rings. The van der Waals surface area contributed by atoms with Crippen molar-refractivity contribution in [2.75, 3.05) is 0 Å². The van der Waals surface area contributed by atoms with Crippen LogP contribution in [0.3, 0.4) is 0 Å². The van der Waals surface area contributed by atoms with Crippen molar-refractivity contribution >= 4 is 12.3 Å². The Morgan fingerprint density at radius 3 is 2.71 bits per heavy atom. The Morgan fingerprint density at radius 1 is 1.10 bits per heavy atom. The summed E-state index contributed by atoms with van der Waals surface area (Å²) < 4.78 is 5.87. The van der Waals surface area contributed by atoms with E-state index in [0.29, 0.717) is 0 Å². The lowest BCUT2D eigenvalue weighted by atomic mass is 10.0. The summed E-state index contributed by atoms with van der Waals surface area (Å²) >= 11 is 0. The summed E-state index contributed by atoms with van der Waals surface area (Å²) in [6.07, 6.45) is 3.97. The molecule has 0 aliphatic carbocycles. The van der Waals surface area contributed by atoms with Gasteiger partial charge >= 0.3 is 0 Å². The molecular formula is C18H18N2O. The van der Waals surface area contributed by atoms with Gasteiger partial charge in [-0.3, -0.25) is 0 Å². The van der Waals surface area contributed by atoms with Gasteiger partial charge in [-0.15, -0.1) is 0 Å². The average Bonchev–Trinajstić information content (AvgIpc) is 2.53. The molecule has 3 heteroatoms. The fourth-order valence-corrected chi connectivity index (χ4v) is 2.26. The van der Waals surface area contributed by atoms with Gasteiger partial charge in [0.15, 0.2) is 0 Å². The van der Waals surface area contributed by atoms with E-state index in [0.717, 1.165) is 23.4 Å². The zero-order valence-electron chi connectivity index (χ0n) is 12.0. The minimum atomic E-state index is 0.0159. The minimum Gasteiger partial charge on any atom is -0.485 e. The number of para-hydroxylation sites is 1. The molecule has 106 valence electrons. The number of ether oxygens (including phenoxy) is 1. The van der Waals surface area contributed by atoms with Gasteiger partial charge in [0.25, 0.3) is 0 Å². The Kier molecular flexibility index (Phi) is 4.01. The third-order valence-corrected chi connectivity index (χ3v) is 3.45. The number of hydrogen-bond donors (Lipinski definition) is 1. The molecule has 3 nitrogen and oxygen atoms in total. The summed E-state index contributed by atoms with van der Waals surface area (Å²) in [5.41, 5.74) is 6.44. The number of rotatable bonds is 4. The molecule has 1 atom stereocenters. The molecule has 1 unspecified atom stereocenters. The number of hydrogen-bond acceptors (Lipinski definition) is 3. The second-order valence-corrected chi connectivity index (χ2v) is 5.02. The van der Waals surface area contributed by atoms with Crippen LogP contribution in [0.1, 0.15) is 18.1 Å². The van der Waals surface area contributed by atoms with Crippen molar-refractivity contribution < 1.29 is 4.74 Å². The summed E-state index contributed by atoms with van der Waals surface area (Å²) in [6, 6.07) is 18.2. The molecule has 0 saturated heterocycles. The maximum atomic E-state index is 5.87. The van der Waals surface area contributed by atoms with Crippen LogP contribution in [-0.4, -0.2) is 12.3 Å². The highest BCUT2D eigenvalue weighted by Gasteiger charge is 2.16. The lowest BCUT2D eigenvalue weighted by Crippen LogP contribution is -2.20. The predicted molar refractivity (Wildman–Crippen MR) is 86.3 cm³/mol. The van der Waals surface area contributed by atoms with E-state index in [4.69, 9.17) is 4.74 Å². The Bertz CT molecular complexity index is 662. The molecule has 1 N–H and O–H groups in total. The van der Waals surface area contributed by atoms with Crippen LogP contribution >= 0.6 is 0 Å². The number of benzene rings is 2. The number of hydrazone groups is 1. The van der Waals surface area contributed by atoms with E-state index in [1.807, 2.05) is 55.6 Å². The van der Waals surface area contributed by atoms with Crippen LogP contribution in [-0.2, 0) is 6.54 Å². The van der Waals surface area contributed by atoms with Gasteiger partial charge < -0.3 is 10.2 Å². The van der Waals surface area contributed by atoms with E-state index in [-0.39, 0.29) is 6.10 Å². The maximum Gasteiger partial charge on any atom is 0.127 e. The molecule has 1 aliphatic heterocycles. The molecule has 21 heavy (non-hydrogen) atoms. The van der Waals surface area contributed by atoms with E-state index in [2.05, 4.69) is 28.7 Å². The monoisotopic (exact) mass is 278 g/mol. The molecule has 0 spiro atoms. The Morgan fingerprint density at radius 2 is 1.86 bits per heavy atom. The van der Waals surface area contributed by atoms with Crippen LogP contribution in [0, 0.1) is 0 Å². The Hall–Kier alpha value is -2.55. The van der Waals surface area contributed by atoms with Crippen molar-refractivity contribution in [3.05, 3.63) is 71.3 Å². The summed E-state index contributed by atoms with van der Waals surface area (Å²) in [5.74, 6) is 0.930. The second-order valence-electron chi connectivity index (χ2n) is 5.02. The van der Waals surface area contributed by atoms with Crippen LogP contribution in [0.4, 0.5) is 0 Å². The standard InChI is InChI=1S/C18H18N2O/c1-14-17(11-16-9-5-6-10-18(16)21-14)13-20-19-12-15-7-3-2-4-8-15/h2-11,13-14,19H,12H2,1H3. The van der Waals surface area contributed by atoms with E-state index >= 15 is 0 Å². The van der Waals surface area contributed by atoms with Crippen LogP contribution < -0.4 is 10.2 Å². The molecule has 0 saturated carbocycles. The van der Waals surface area contributed by atoms with Gasteiger partial charge in [0.2, 0.25) is 0 Å². The van der Waals surface area contributed by atoms with Crippen molar-refractivity contribution in [1.82, 2.24) is 5.43 Å². The van der Waals surface area contributed by atoms with Gasteiger partial charge in [-0.25, -0.2) is 0 Å². The SMILES string of the molecule is CC1Oc2ccccc2C=C1C=NNCc1ccccc1. The molecule has 0 aromatic heterocycles. The van der Waals surface area contributed by atoms with Gasteiger partial charge in [0.05, 0.1) is 12.8 Å². The first-order valence-electron chi connectivity index (χ1n) is 7.10. The number of fused-ring (bicyclic) bond motifs is 1. The van der Waals surface area contributed by atoms with Crippen LogP contribution in [0.15, 0.2) is 65.3 Å². The largest absolute Gasteiger partial charge is 0.485 e. The van der Waals surface area contributed by atoms with Crippen molar-refractivity contribution in [2.45, 2.75) is 19.6 Å². The number of nitrogens with one attached hydrogen (secondary N) is 1. The van der Waals surface area contributed by atoms with Crippen LogP contribution in [0.25, 0.3) is 6.08 Å². The third kappa shape index (κ3) is 3.31. The highest BCUT2D eigenvalue weighted by molar-refractivity contribution is 5.88. The summed E-state index contributed by atoms with van der Waals surface area (Å²) in [6.45, 7) is 2.75. The van der Waals surface area contributed by atoms with Gasteiger partial charge in [-0.05, 0) is 24.6 Å². The normalized spacial score (nSPS) is 17.0. The molecular weight excluding hydrogens is 260 g/mol. The van der Waals surface area contributed by atoms with Crippen molar-refractivity contribution in [3.8, 4) is 5.75 Å². The average molecular weight is 278 g/mol. The highest BCUT2D eigenvalue weighted by atomic mass is 16.5. The maximum absolute atomic E-state index is 5.87. The fourth-order valence-electron chi connectivity index (χ4n) is 2.26. The van der Waals surface area contributed by atoms with Crippen molar-refractivity contribution in [1.29, 1.82) is 0 Å². The number of nitrogens with zero attached hydrogens (tertiary/aromatic N) is 1. The van der Waals surface area contributed by atoms with Crippen LogP contribution in [0.2, 0.25) is 0 Å². The van der Waals surface area contributed by atoms with E-state index in [9.17, 15) is 0 Å². The van der Waals surface area contributed by atoms with E-state index in [1.54, 1.807) is 0 Å². The molecule has 1 aliphatic rings. The van der Waals surface area contributed by atoms with Crippen LogP contribution in [0.5, 0.6) is 5.75 Å². The highest BCUT2D eigenvalue weighted by Crippen LogP contribution is 2.28. The molecule has 0 amide bonds. The summed E-state index contributed by atoms with van der Waals surface area (Å²) in [7, 11) is 0. The Labute approximate surface area is 125 Å². The third-order valence-electron chi connectivity index (χ3n) is 3.45. The predicted octanol–water partition coefficient (Wildman–Crippen LogP) is 3.63. The topological polar surface area (TPSA) is 33.6 Å². The fraction of sp³-hybridized carbons (Fsp3) is 0.167. The minimum absolute atomic E-state index is 0.0159. The Balaban J connectivity index is 1.64. The molecule has 2 aromatic carbocycles. The van der Waals surface area contributed by atoms with E-state index in [1.165, 1.54) is 5.56 Å². The van der Waals surface area contributed by atoms with Gasteiger partial charge in [-0.1, -0.05) is 48.5 Å². The second kappa shape index (κ2) is 6.27. The lowest BCUT2D eigenvalue weighted by Gasteiger charge is -2.22. The van der Waals surface area contributed by atoms with E-state index < -0.39 is 0 Å². The molecule has 3 rings (SSSR count). The zero-order chi connectivity index (χ0) is 14.5. The summed E-state index contributed by atoms with van der Waals surface area (Å²) in [5, 5.41) is 4.29. The quantitative estimate of drug-likeness (QED) is 0.684. The smallest absolute Gasteiger partial charge is 0.127 e. The first-order chi connectivity index (χ1) is 10.3.